The zero-order chi connectivity index (χ0) is 2.00. The quantitative estimate of drug-likeness (QED) is 0.538. The second-order valence-corrected chi connectivity index (χ2v) is 0. The van der Waals surface area contributed by atoms with Gasteiger partial charge in [-0.05, 0) is 0 Å². The summed E-state index contributed by atoms with van der Waals surface area (Å²) in [5.41, 5.74) is 0. The van der Waals surface area contributed by atoms with Gasteiger partial charge in [0.2, 0.25) is 0 Å². The first-order valence-corrected chi connectivity index (χ1v) is 0.612. The number of hydrogen-bond acceptors (Lipinski definition) is 1. The second-order valence-electron chi connectivity index (χ2n) is 0. The average Bonchev–Trinajstić information content (AvgIpc) is 1.00. The van der Waals surface area contributed by atoms with Gasteiger partial charge in [0.15, 0.2) is 0 Å². The minimum absolute atomic E-state index is 0. The van der Waals surface area contributed by atoms with E-state index >= 15 is 0 Å². The Morgan fingerprint density at radius 3 is 1.20 bits per heavy atom. The van der Waals surface area contributed by atoms with E-state index in [0.717, 1.165) is 0 Å². The molecule has 0 aliphatic rings. The van der Waals surface area contributed by atoms with Crippen molar-refractivity contribution in [3.05, 3.63) is 0 Å². The third-order valence-electron chi connectivity index (χ3n) is 0. The molecule has 0 rings (SSSR count). The zero-order valence-electron chi connectivity index (χ0n) is 1.97. The van der Waals surface area contributed by atoms with Crippen molar-refractivity contribution in [2.75, 3.05) is 0 Å². The molecule has 0 aliphatic carbocycles. The van der Waals surface area contributed by atoms with E-state index < -0.39 is 0 Å². The minimum Gasteiger partial charge on any atom is -0.381 e. The van der Waals surface area contributed by atoms with Crippen LogP contribution in [0.5, 0.6) is 0 Å². The summed E-state index contributed by atoms with van der Waals surface area (Å²) in [4.78, 5) is 0. The Morgan fingerprint density at radius 2 is 1.20 bits per heavy atom. The van der Waals surface area contributed by atoms with Gasteiger partial charge in [0.25, 0.3) is 0 Å². The Hall–Kier alpha value is 1.74. The van der Waals surface area contributed by atoms with E-state index in [-0.39, 0.29) is 55.2 Å². The maximum Gasteiger partial charge on any atom is 0.381 e. The van der Waals surface area contributed by atoms with Crippen molar-refractivity contribution in [3.63, 3.8) is 0 Å². The van der Waals surface area contributed by atoms with Crippen LogP contribution in [-0.4, -0.2) is 10.1 Å². The van der Waals surface area contributed by atoms with Crippen LogP contribution in [0.25, 0.3) is 0 Å². The minimum atomic E-state index is 0. The molecule has 0 bridgehead atoms. The van der Waals surface area contributed by atoms with E-state index in [4.69, 9.17) is 4.46 Å². The van der Waals surface area contributed by atoms with Crippen LogP contribution in [0.2, 0.25) is 0 Å². The van der Waals surface area contributed by atoms with E-state index in [0.29, 0.717) is 0 Å². The Balaban J connectivity index is -0.00000000167. The first-order valence-electron chi connectivity index (χ1n) is 0.204. The van der Waals surface area contributed by atoms with Gasteiger partial charge in [-0.15, -0.1) is 0 Å². The van der Waals surface area contributed by atoms with Gasteiger partial charge in [-0.3, -0.25) is 0 Å². The summed E-state index contributed by atoms with van der Waals surface area (Å²) >= 11 is 0. The molecule has 0 aromatic rings. The number of hydrogen-bond donors (Lipinski definition) is 0. The van der Waals surface area contributed by atoms with Gasteiger partial charge in [0, 0.05) is 55.2 Å². The van der Waals surface area contributed by atoms with Gasteiger partial charge in [-0.2, -0.15) is 0 Å². The van der Waals surface area contributed by atoms with E-state index in [1.807, 2.05) is 0 Å². The van der Waals surface area contributed by atoms with Crippen LogP contribution in [0.4, 0.5) is 0 Å². The summed E-state index contributed by atoms with van der Waals surface area (Å²) in [5, 5.41) is 0. The molecule has 0 aromatic heterocycles. The van der Waals surface area contributed by atoms with Crippen molar-refractivity contribution >= 4 is 10.1 Å². The maximum absolute atomic E-state index is 8.06. The predicted molar refractivity (Wildman–Crippen MR) is 6.44 cm³/mol. The molecule has 0 saturated carbocycles. The van der Waals surface area contributed by atoms with Crippen LogP contribution >= 0.6 is 0 Å². The third-order valence-corrected chi connectivity index (χ3v) is 0. The fourth-order valence-electron chi connectivity index (χ4n) is 0. The Kier molecular flexibility index (Phi) is 251. The van der Waals surface area contributed by atoms with Crippen molar-refractivity contribution in [2.24, 2.45) is 0 Å². The average molecular weight is 350 g/mol. The van der Waals surface area contributed by atoms with E-state index in [1.54, 1.807) is 10.1 Å². The van der Waals surface area contributed by atoms with Crippen LogP contribution in [0.3, 0.4) is 0 Å². The molecule has 0 amide bonds. The van der Waals surface area contributed by atoms with Gasteiger partial charge in [-0.25, -0.2) is 0 Å². The van der Waals surface area contributed by atoms with Gasteiger partial charge in [0.1, 0.15) is 0 Å². The standard InChI is InChI=1S/Co.Cr.OSi.Pt/c;;1-2;. The molecular weight excluding hydrogens is 350 g/mol. The largest absolute Gasteiger partial charge is 0.381 e. The van der Waals surface area contributed by atoms with Gasteiger partial charge in [0.05, 0.1) is 0 Å². The monoisotopic (exact) mass is 350 g/mol. The van der Waals surface area contributed by atoms with Crippen molar-refractivity contribution in [1.29, 1.82) is 0 Å². The van der Waals surface area contributed by atoms with Crippen LogP contribution in [0, 0.1) is 0 Å². The van der Waals surface area contributed by atoms with Crippen LogP contribution in [0.15, 0.2) is 0 Å². The summed E-state index contributed by atoms with van der Waals surface area (Å²) in [6.45, 7) is 0. The summed E-state index contributed by atoms with van der Waals surface area (Å²) in [6, 6.07) is 0. The molecule has 0 aliphatic heterocycles. The molecular formula is CoCrOPtSi. The molecule has 1 nitrogen and oxygen atoms in total. The fraction of sp³-hybridized carbons (Fsp3) is 0. The molecule has 0 atom stereocenters. The molecule has 5 heavy (non-hydrogen) atoms. The molecule has 0 saturated heterocycles. The third kappa shape index (κ3) is 26.5. The van der Waals surface area contributed by atoms with Crippen molar-refractivity contribution in [3.8, 4) is 0 Å². The van der Waals surface area contributed by atoms with Crippen LogP contribution in [-0.2, 0) is 59.7 Å². The molecule has 0 N–H and O–H groups in total. The van der Waals surface area contributed by atoms with Crippen molar-refractivity contribution in [1.82, 2.24) is 0 Å². The fourth-order valence-corrected chi connectivity index (χ4v) is 0. The molecule has 0 heterocycles. The van der Waals surface area contributed by atoms with Crippen LogP contribution < -0.4 is 0 Å². The summed E-state index contributed by atoms with van der Waals surface area (Å²) in [7, 11) is 1.72. The Bertz CT molecular complexity index is 11.6. The summed E-state index contributed by atoms with van der Waals surface area (Å²) in [5.74, 6) is 0. The van der Waals surface area contributed by atoms with Gasteiger partial charge in [-0.1, -0.05) is 0 Å². The number of rotatable bonds is 0. The van der Waals surface area contributed by atoms with Gasteiger partial charge >= 0.3 is 10.1 Å². The second kappa shape index (κ2) is 42.5. The Labute approximate surface area is 69.4 Å². The Morgan fingerprint density at radius 1 is 1.20 bits per heavy atom. The predicted octanol–water partition coefficient (Wildman–Crippen LogP) is -0.507. The molecule has 35 valence electrons. The molecule has 5 heteroatoms. The normalized spacial score (nSPS) is 0.800. The molecule has 0 unspecified atom stereocenters. The van der Waals surface area contributed by atoms with Crippen molar-refractivity contribution < 1.29 is 59.7 Å². The molecule has 0 spiro atoms. The maximum atomic E-state index is 8.06. The first kappa shape index (κ1) is 29.6. The SMILES string of the molecule is O=[Si].[Co].[Cr].[Pt]. The molecule has 0 fully saturated rings. The molecule has 0 aromatic carbocycles. The van der Waals surface area contributed by atoms with Crippen molar-refractivity contribution in [2.45, 2.75) is 0 Å². The smallest absolute Gasteiger partial charge is 0.381 e. The summed E-state index contributed by atoms with van der Waals surface area (Å²) in [6.07, 6.45) is 0. The van der Waals surface area contributed by atoms with E-state index in [2.05, 4.69) is 0 Å². The zero-order valence-corrected chi connectivity index (χ0v) is 7.55. The van der Waals surface area contributed by atoms with E-state index in [1.165, 1.54) is 0 Å². The van der Waals surface area contributed by atoms with E-state index in [9.17, 15) is 0 Å². The molecule has 3 radical (unpaired) electrons. The topological polar surface area (TPSA) is 17.1 Å². The first-order chi connectivity index (χ1) is 1.00. The summed E-state index contributed by atoms with van der Waals surface area (Å²) < 4.78 is 8.06. The van der Waals surface area contributed by atoms with Gasteiger partial charge < -0.3 is 4.46 Å². The van der Waals surface area contributed by atoms with Crippen LogP contribution in [0.1, 0.15) is 0 Å².